The molecule has 1 aliphatic rings. The van der Waals surface area contributed by atoms with Crippen LogP contribution in [0.5, 0.6) is 5.75 Å². The standard InChI is InChI=1S/C23H28N2O3/c1-4-16(2)19-10-6-7-11-20(19)25-15-18(13-22(25)26)23(27)24-14-17-9-5-8-12-21(17)28-3/h5-12,16,18H,4,13-15H2,1-3H3,(H,24,27). The van der Waals surface area contributed by atoms with Gasteiger partial charge in [0.05, 0.1) is 13.0 Å². The number of methoxy groups -OCH3 is 1. The molecule has 5 heteroatoms. The van der Waals surface area contributed by atoms with Crippen LogP contribution in [-0.2, 0) is 16.1 Å². The number of hydrogen-bond donors (Lipinski definition) is 1. The topological polar surface area (TPSA) is 58.6 Å². The van der Waals surface area contributed by atoms with Crippen molar-refractivity contribution in [2.45, 2.75) is 39.2 Å². The summed E-state index contributed by atoms with van der Waals surface area (Å²) in [6.45, 7) is 5.11. The van der Waals surface area contributed by atoms with E-state index in [0.29, 0.717) is 19.0 Å². The van der Waals surface area contributed by atoms with Crippen molar-refractivity contribution in [1.29, 1.82) is 0 Å². The Morgan fingerprint density at radius 1 is 1.21 bits per heavy atom. The van der Waals surface area contributed by atoms with Gasteiger partial charge in [-0.15, -0.1) is 0 Å². The monoisotopic (exact) mass is 380 g/mol. The highest BCUT2D eigenvalue weighted by atomic mass is 16.5. The molecule has 2 aromatic carbocycles. The van der Waals surface area contributed by atoms with Crippen molar-refractivity contribution >= 4 is 17.5 Å². The SMILES string of the molecule is CCC(C)c1ccccc1N1CC(C(=O)NCc2ccccc2OC)CC1=O. The van der Waals surface area contributed by atoms with Crippen LogP contribution in [0.4, 0.5) is 5.69 Å². The molecule has 2 amide bonds. The molecule has 2 aromatic rings. The smallest absolute Gasteiger partial charge is 0.227 e. The highest BCUT2D eigenvalue weighted by Crippen LogP contribution is 2.33. The fourth-order valence-electron chi connectivity index (χ4n) is 3.66. The predicted molar refractivity (Wildman–Crippen MR) is 110 cm³/mol. The second-order valence-corrected chi connectivity index (χ2v) is 7.30. The second-order valence-electron chi connectivity index (χ2n) is 7.30. The van der Waals surface area contributed by atoms with E-state index in [9.17, 15) is 9.59 Å². The third-order valence-corrected chi connectivity index (χ3v) is 5.51. The van der Waals surface area contributed by atoms with E-state index in [4.69, 9.17) is 4.74 Å². The molecular weight excluding hydrogens is 352 g/mol. The number of para-hydroxylation sites is 2. The molecule has 0 saturated carbocycles. The van der Waals surface area contributed by atoms with Crippen molar-refractivity contribution in [2.75, 3.05) is 18.6 Å². The zero-order chi connectivity index (χ0) is 20.1. The number of nitrogens with zero attached hydrogens (tertiary/aromatic N) is 1. The molecule has 1 aliphatic heterocycles. The molecule has 148 valence electrons. The minimum Gasteiger partial charge on any atom is -0.496 e. The highest BCUT2D eigenvalue weighted by molar-refractivity contribution is 6.00. The maximum Gasteiger partial charge on any atom is 0.227 e. The zero-order valence-corrected chi connectivity index (χ0v) is 16.8. The summed E-state index contributed by atoms with van der Waals surface area (Å²) in [5.74, 6) is 0.681. The van der Waals surface area contributed by atoms with Gasteiger partial charge in [-0.1, -0.05) is 50.2 Å². The molecule has 2 atom stereocenters. The average Bonchev–Trinajstić information content (AvgIpc) is 3.13. The number of carbonyl (C=O) groups is 2. The zero-order valence-electron chi connectivity index (χ0n) is 16.8. The van der Waals surface area contributed by atoms with Gasteiger partial charge in [0, 0.05) is 30.8 Å². The highest BCUT2D eigenvalue weighted by Gasteiger charge is 2.36. The first kappa shape index (κ1) is 19.9. The lowest BCUT2D eigenvalue weighted by atomic mass is 9.96. The van der Waals surface area contributed by atoms with E-state index in [1.54, 1.807) is 12.0 Å². The number of nitrogens with one attached hydrogen (secondary N) is 1. The Morgan fingerprint density at radius 3 is 2.68 bits per heavy atom. The van der Waals surface area contributed by atoms with Gasteiger partial charge in [-0.05, 0) is 30.0 Å². The summed E-state index contributed by atoms with van der Waals surface area (Å²) < 4.78 is 5.33. The van der Waals surface area contributed by atoms with Gasteiger partial charge in [0.2, 0.25) is 11.8 Å². The molecule has 3 rings (SSSR count). The summed E-state index contributed by atoms with van der Waals surface area (Å²) in [6.07, 6.45) is 1.24. The number of carbonyl (C=O) groups excluding carboxylic acids is 2. The van der Waals surface area contributed by atoms with Crippen molar-refractivity contribution in [2.24, 2.45) is 5.92 Å². The fourth-order valence-corrected chi connectivity index (χ4v) is 3.66. The third kappa shape index (κ3) is 4.19. The van der Waals surface area contributed by atoms with E-state index in [-0.39, 0.29) is 24.2 Å². The molecule has 5 nitrogen and oxygen atoms in total. The Kier molecular flexibility index (Phi) is 6.34. The summed E-state index contributed by atoms with van der Waals surface area (Å²) >= 11 is 0. The minimum atomic E-state index is -0.341. The fraction of sp³-hybridized carbons (Fsp3) is 0.391. The van der Waals surface area contributed by atoms with E-state index in [1.807, 2.05) is 42.5 Å². The largest absolute Gasteiger partial charge is 0.496 e. The van der Waals surface area contributed by atoms with Gasteiger partial charge >= 0.3 is 0 Å². The Bertz CT molecular complexity index is 849. The molecule has 1 N–H and O–H groups in total. The van der Waals surface area contributed by atoms with Gasteiger partial charge in [-0.25, -0.2) is 0 Å². The number of rotatable bonds is 7. The molecule has 0 radical (unpaired) electrons. The average molecular weight is 380 g/mol. The van der Waals surface area contributed by atoms with E-state index in [0.717, 1.165) is 29.0 Å². The number of hydrogen-bond acceptors (Lipinski definition) is 3. The lowest BCUT2D eigenvalue weighted by Gasteiger charge is -2.23. The first-order valence-electron chi connectivity index (χ1n) is 9.84. The van der Waals surface area contributed by atoms with Gasteiger partial charge < -0.3 is 15.0 Å². The van der Waals surface area contributed by atoms with Crippen LogP contribution in [0.3, 0.4) is 0 Å². The van der Waals surface area contributed by atoms with Crippen LogP contribution < -0.4 is 15.0 Å². The Balaban J connectivity index is 1.68. The number of benzene rings is 2. The molecule has 1 heterocycles. The maximum atomic E-state index is 12.7. The number of amides is 2. The quantitative estimate of drug-likeness (QED) is 0.793. The molecule has 0 aromatic heterocycles. The van der Waals surface area contributed by atoms with Gasteiger partial charge in [-0.3, -0.25) is 9.59 Å². The molecule has 2 unspecified atom stereocenters. The van der Waals surface area contributed by atoms with Gasteiger partial charge in [0.15, 0.2) is 0 Å². The van der Waals surface area contributed by atoms with Crippen molar-refractivity contribution < 1.29 is 14.3 Å². The summed E-state index contributed by atoms with van der Waals surface area (Å²) in [7, 11) is 1.61. The molecule has 1 fully saturated rings. The van der Waals surface area contributed by atoms with Crippen molar-refractivity contribution in [3.63, 3.8) is 0 Å². The summed E-state index contributed by atoms with van der Waals surface area (Å²) in [5.41, 5.74) is 3.01. The molecule has 0 bridgehead atoms. The first-order valence-corrected chi connectivity index (χ1v) is 9.84. The summed E-state index contributed by atoms with van der Waals surface area (Å²) in [4.78, 5) is 27.1. The molecular formula is C23H28N2O3. The lowest BCUT2D eigenvalue weighted by Crippen LogP contribution is -2.33. The molecule has 1 saturated heterocycles. The number of ether oxygens (including phenoxy) is 1. The van der Waals surface area contributed by atoms with E-state index < -0.39 is 0 Å². The molecule has 0 aliphatic carbocycles. The minimum absolute atomic E-state index is 0.00759. The molecule has 0 spiro atoms. The van der Waals surface area contributed by atoms with Gasteiger partial charge in [0.25, 0.3) is 0 Å². The predicted octanol–water partition coefficient (Wildman–Crippen LogP) is 3.88. The Labute approximate surface area is 166 Å². The first-order chi connectivity index (χ1) is 13.5. The van der Waals surface area contributed by atoms with Crippen LogP contribution in [0.2, 0.25) is 0 Å². The Hall–Kier alpha value is -2.82. The molecule has 28 heavy (non-hydrogen) atoms. The summed E-state index contributed by atoms with van der Waals surface area (Å²) in [6, 6.07) is 15.6. The normalized spacial score (nSPS) is 17.5. The van der Waals surface area contributed by atoms with Crippen LogP contribution in [0.25, 0.3) is 0 Å². The Morgan fingerprint density at radius 2 is 1.93 bits per heavy atom. The van der Waals surface area contributed by atoms with Crippen LogP contribution in [0.15, 0.2) is 48.5 Å². The van der Waals surface area contributed by atoms with Crippen molar-refractivity contribution in [1.82, 2.24) is 5.32 Å². The van der Waals surface area contributed by atoms with E-state index in [1.165, 1.54) is 0 Å². The van der Waals surface area contributed by atoms with E-state index in [2.05, 4.69) is 25.2 Å². The van der Waals surface area contributed by atoms with E-state index >= 15 is 0 Å². The van der Waals surface area contributed by atoms with Crippen LogP contribution in [-0.4, -0.2) is 25.5 Å². The third-order valence-electron chi connectivity index (χ3n) is 5.51. The maximum absolute atomic E-state index is 12.7. The van der Waals surface area contributed by atoms with Crippen molar-refractivity contribution in [3.8, 4) is 5.75 Å². The van der Waals surface area contributed by atoms with Crippen LogP contribution in [0, 0.1) is 5.92 Å². The summed E-state index contributed by atoms with van der Waals surface area (Å²) in [5, 5.41) is 2.96. The van der Waals surface area contributed by atoms with Crippen LogP contribution in [0.1, 0.15) is 43.7 Å². The van der Waals surface area contributed by atoms with Crippen molar-refractivity contribution in [3.05, 3.63) is 59.7 Å². The van der Waals surface area contributed by atoms with Gasteiger partial charge in [-0.2, -0.15) is 0 Å². The number of anilines is 1. The van der Waals surface area contributed by atoms with Crippen LogP contribution >= 0.6 is 0 Å². The lowest BCUT2D eigenvalue weighted by molar-refractivity contribution is -0.126. The van der Waals surface area contributed by atoms with Gasteiger partial charge in [0.1, 0.15) is 5.75 Å². The second kappa shape index (κ2) is 8.91.